The van der Waals surface area contributed by atoms with Crippen LogP contribution in [0.5, 0.6) is 0 Å². The molecule has 16 heavy (non-hydrogen) atoms. The van der Waals surface area contributed by atoms with Gasteiger partial charge in [0.2, 0.25) is 0 Å². The second kappa shape index (κ2) is 4.45. The minimum Gasteiger partial charge on any atom is -0.310 e. The third kappa shape index (κ3) is 1.97. The molecule has 1 aliphatic heterocycles. The molecule has 0 spiro atoms. The molecular weight excluding hydrogens is 202 g/mol. The molecule has 0 aliphatic carbocycles. The second-order valence-electron chi connectivity index (χ2n) is 3.91. The van der Waals surface area contributed by atoms with Gasteiger partial charge in [-0.15, -0.1) is 0 Å². The average molecular weight is 217 g/mol. The van der Waals surface area contributed by atoms with Gasteiger partial charge in [-0.2, -0.15) is 0 Å². The fraction of sp³-hybridized carbons (Fsp3) is 0.333. The number of likely N-dealkylation sites (N-methyl/N-ethyl adjacent to an activating group) is 1. The van der Waals surface area contributed by atoms with E-state index in [9.17, 15) is 4.79 Å². The molecule has 0 saturated carbocycles. The van der Waals surface area contributed by atoms with Crippen LogP contribution in [-0.2, 0) is 4.79 Å². The predicted octanol–water partition coefficient (Wildman–Crippen LogP) is 0.964. The number of nitrogens with zero attached hydrogens (tertiary/aromatic N) is 2. The first-order valence-electron chi connectivity index (χ1n) is 5.27. The van der Waals surface area contributed by atoms with E-state index < -0.39 is 0 Å². The molecule has 84 valence electrons. The molecule has 1 fully saturated rings. The number of carbonyl (C=O) groups is 1. The Morgan fingerprint density at radius 3 is 2.75 bits per heavy atom. The van der Waals surface area contributed by atoms with Gasteiger partial charge < -0.3 is 10.2 Å². The molecule has 0 aromatic carbocycles. The van der Waals surface area contributed by atoms with E-state index in [0.717, 1.165) is 24.4 Å². The van der Waals surface area contributed by atoms with E-state index in [-0.39, 0.29) is 5.91 Å². The zero-order valence-corrected chi connectivity index (χ0v) is 9.53. The molecule has 1 aromatic rings. The maximum Gasteiger partial charge on any atom is 0.253 e. The van der Waals surface area contributed by atoms with Crippen molar-refractivity contribution in [1.82, 2.24) is 10.3 Å². The molecule has 0 bridgehead atoms. The van der Waals surface area contributed by atoms with Gasteiger partial charge in [0.25, 0.3) is 5.91 Å². The van der Waals surface area contributed by atoms with Gasteiger partial charge in [-0.25, -0.2) is 0 Å². The molecule has 0 atom stereocenters. The summed E-state index contributed by atoms with van der Waals surface area (Å²) in [6.45, 7) is 3.54. The Kier molecular flexibility index (Phi) is 3.01. The lowest BCUT2D eigenvalue weighted by Gasteiger charge is -2.24. The first-order valence-corrected chi connectivity index (χ1v) is 5.27. The summed E-state index contributed by atoms with van der Waals surface area (Å²) >= 11 is 0. The summed E-state index contributed by atoms with van der Waals surface area (Å²) in [4.78, 5) is 17.7. The predicted molar refractivity (Wildman–Crippen MR) is 63.2 cm³/mol. The first-order chi connectivity index (χ1) is 7.70. The highest BCUT2D eigenvalue weighted by Crippen LogP contribution is 2.16. The minimum atomic E-state index is 0.0458. The van der Waals surface area contributed by atoms with Gasteiger partial charge in [0.15, 0.2) is 0 Å². The van der Waals surface area contributed by atoms with E-state index in [4.69, 9.17) is 0 Å². The van der Waals surface area contributed by atoms with Gasteiger partial charge in [0.1, 0.15) is 0 Å². The van der Waals surface area contributed by atoms with Gasteiger partial charge in [0, 0.05) is 31.9 Å². The normalized spacial score (nSPS) is 14.2. The number of carbonyl (C=O) groups excluding carboxylic acids is 1. The fourth-order valence-corrected chi connectivity index (χ4v) is 1.59. The van der Waals surface area contributed by atoms with Crippen molar-refractivity contribution >= 4 is 11.6 Å². The molecule has 0 radical (unpaired) electrons. The third-order valence-electron chi connectivity index (χ3n) is 2.87. The van der Waals surface area contributed by atoms with Crippen LogP contribution < -0.4 is 10.2 Å². The molecule has 0 unspecified atom stereocenters. The standard InChI is InChI=1S/C12H15N3O/c1-9(10-6-14-7-10)12(16)15(2)11-4-3-5-13-8-11/h3-5,8,14H,6-7H2,1-2H3. The maximum absolute atomic E-state index is 12.1. The van der Waals surface area contributed by atoms with Crippen molar-refractivity contribution in [3.63, 3.8) is 0 Å². The summed E-state index contributed by atoms with van der Waals surface area (Å²) in [5.41, 5.74) is 2.85. The number of pyridine rings is 1. The second-order valence-corrected chi connectivity index (χ2v) is 3.91. The lowest BCUT2D eigenvalue weighted by molar-refractivity contribution is -0.114. The topological polar surface area (TPSA) is 45.2 Å². The Bertz CT molecular complexity index is 419. The molecule has 1 amide bonds. The Hall–Kier alpha value is -1.68. The van der Waals surface area contributed by atoms with Crippen LogP contribution in [0.1, 0.15) is 6.92 Å². The van der Waals surface area contributed by atoms with Crippen LogP contribution in [0.4, 0.5) is 5.69 Å². The van der Waals surface area contributed by atoms with E-state index >= 15 is 0 Å². The molecule has 1 aliphatic rings. The van der Waals surface area contributed by atoms with Gasteiger partial charge in [-0.1, -0.05) is 0 Å². The zero-order valence-electron chi connectivity index (χ0n) is 9.53. The van der Waals surface area contributed by atoms with E-state index in [0.29, 0.717) is 0 Å². The number of rotatable bonds is 2. The number of hydrogen-bond donors (Lipinski definition) is 1. The van der Waals surface area contributed by atoms with Gasteiger partial charge in [-0.05, 0) is 24.6 Å². The average Bonchev–Trinajstić information content (AvgIpc) is 2.26. The van der Waals surface area contributed by atoms with E-state index in [1.165, 1.54) is 5.57 Å². The van der Waals surface area contributed by atoms with Crippen molar-refractivity contribution in [3.8, 4) is 0 Å². The lowest BCUT2D eigenvalue weighted by Crippen LogP contribution is -2.38. The van der Waals surface area contributed by atoms with Gasteiger partial charge >= 0.3 is 0 Å². The number of amides is 1. The monoisotopic (exact) mass is 217 g/mol. The van der Waals surface area contributed by atoms with Crippen molar-refractivity contribution in [2.24, 2.45) is 0 Å². The maximum atomic E-state index is 12.1. The minimum absolute atomic E-state index is 0.0458. The highest BCUT2D eigenvalue weighted by molar-refractivity contribution is 6.05. The van der Waals surface area contributed by atoms with Crippen LogP contribution in [0.3, 0.4) is 0 Å². The van der Waals surface area contributed by atoms with Crippen molar-refractivity contribution in [1.29, 1.82) is 0 Å². The summed E-state index contributed by atoms with van der Waals surface area (Å²) in [6, 6.07) is 3.70. The quantitative estimate of drug-likeness (QED) is 0.751. The summed E-state index contributed by atoms with van der Waals surface area (Å²) in [6.07, 6.45) is 3.39. The highest BCUT2D eigenvalue weighted by Gasteiger charge is 2.19. The highest BCUT2D eigenvalue weighted by atomic mass is 16.2. The molecule has 1 N–H and O–H groups in total. The molecule has 4 heteroatoms. The molecule has 4 nitrogen and oxygen atoms in total. The number of aromatic nitrogens is 1. The van der Waals surface area contributed by atoms with Gasteiger partial charge in [0.05, 0.1) is 11.9 Å². The molecule has 1 saturated heterocycles. The van der Waals surface area contributed by atoms with E-state index in [1.807, 2.05) is 19.1 Å². The fourth-order valence-electron chi connectivity index (χ4n) is 1.59. The SMILES string of the molecule is CC(C(=O)N(C)c1cccnc1)=C1CNC1. The number of anilines is 1. The summed E-state index contributed by atoms with van der Waals surface area (Å²) < 4.78 is 0. The zero-order chi connectivity index (χ0) is 11.5. The molecule has 2 rings (SSSR count). The number of hydrogen-bond acceptors (Lipinski definition) is 3. The van der Waals surface area contributed by atoms with Crippen LogP contribution >= 0.6 is 0 Å². The Morgan fingerprint density at radius 2 is 2.25 bits per heavy atom. The molecule has 1 aromatic heterocycles. The van der Waals surface area contributed by atoms with Crippen LogP contribution in [0.25, 0.3) is 0 Å². The Balaban J connectivity index is 2.17. The molecular formula is C12H15N3O. The Morgan fingerprint density at radius 1 is 1.50 bits per heavy atom. The van der Waals surface area contributed by atoms with Crippen LogP contribution in [-0.4, -0.2) is 31.0 Å². The van der Waals surface area contributed by atoms with E-state index in [2.05, 4.69) is 10.3 Å². The summed E-state index contributed by atoms with van der Waals surface area (Å²) in [5.74, 6) is 0.0458. The van der Waals surface area contributed by atoms with Crippen LogP contribution in [0.2, 0.25) is 0 Å². The van der Waals surface area contributed by atoms with Crippen LogP contribution in [0.15, 0.2) is 35.7 Å². The van der Waals surface area contributed by atoms with Gasteiger partial charge in [-0.3, -0.25) is 9.78 Å². The third-order valence-corrected chi connectivity index (χ3v) is 2.87. The Labute approximate surface area is 95.0 Å². The smallest absolute Gasteiger partial charge is 0.253 e. The van der Waals surface area contributed by atoms with Crippen LogP contribution in [0, 0.1) is 0 Å². The van der Waals surface area contributed by atoms with Crippen molar-refractivity contribution in [2.75, 3.05) is 25.0 Å². The van der Waals surface area contributed by atoms with Crippen molar-refractivity contribution in [2.45, 2.75) is 6.92 Å². The largest absolute Gasteiger partial charge is 0.310 e. The summed E-state index contributed by atoms with van der Waals surface area (Å²) in [7, 11) is 1.77. The summed E-state index contributed by atoms with van der Waals surface area (Å²) in [5, 5.41) is 3.13. The lowest BCUT2D eigenvalue weighted by atomic mass is 10.0. The van der Waals surface area contributed by atoms with E-state index in [1.54, 1.807) is 24.3 Å². The molecule has 2 heterocycles. The first kappa shape index (κ1) is 10.8. The van der Waals surface area contributed by atoms with Crippen molar-refractivity contribution in [3.05, 3.63) is 35.7 Å². The number of nitrogens with one attached hydrogen (secondary N) is 1. The van der Waals surface area contributed by atoms with Crippen molar-refractivity contribution < 1.29 is 4.79 Å².